The first-order valence-corrected chi connectivity index (χ1v) is 6.23. The van der Waals surface area contributed by atoms with Crippen LogP contribution < -0.4 is 11.1 Å². The van der Waals surface area contributed by atoms with Gasteiger partial charge >= 0.3 is 0 Å². The average molecular weight is 255 g/mol. The van der Waals surface area contributed by atoms with Crippen LogP contribution in [0.4, 0.5) is 0 Å². The van der Waals surface area contributed by atoms with Gasteiger partial charge in [-0.25, -0.2) is 0 Å². The minimum atomic E-state index is -0.422. The standard InChI is InChI=1S/C13H19ClN2O/c1-3-4-12(15)13(17)16-9(2)10-5-7-11(14)8-6-10/h5-9,12H,3-4,15H2,1-2H3,(H,16,17)/t9-,12-/m0/s1. The fourth-order valence-electron chi connectivity index (χ4n) is 1.60. The molecule has 0 unspecified atom stereocenters. The summed E-state index contributed by atoms with van der Waals surface area (Å²) >= 11 is 5.81. The van der Waals surface area contributed by atoms with Crippen LogP contribution in [0.2, 0.25) is 5.02 Å². The summed E-state index contributed by atoms with van der Waals surface area (Å²) in [4.78, 5) is 11.7. The van der Waals surface area contributed by atoms with Crippen LogP contribution in [0.3, 0.4) is 0 Å². The maximum atomic E-state index is 11.7. The molecule has 0 spiro atoms. The quantitative estimate of drug-likeness (QED) is 0.849. The zero-order valence-electron chi connectivity index (χ0n) is 10.2. The Labute approximate surface area is 107 Å². The fraction of sp³-hybridized carbons (Fsp3) is 0.462. The first kappa shape index (κ1) is 14.0. The number of nitrogens with one attached hydrogen (secondary N) is 1. The summed E-state index contributed by atoms with van der Waals surface area (Å²) in [6.45, 7) is 3.94. The molecule has 1 amide bonds. The lowest BCUT2D eigenvalue weighted by molar-refractivity contribution is -0.123. The van der Waals surface area contributed by atoms with Gasteiger partial charge in [-0.2, -0.15) is 0 Å². The highest BCUT2D eigenvalue weighted by Crippen LogP contribution is 2.16. The molecule has 1 aromatic rings. The molecule has 94 valence electrons. The van der Waals surface area contributed by atoms with Crippen molar-refractivity contribution in [2.75, 3.05) is 0 Å². The Balaban J connectivity index is 2.57. The molecule has 0 aliphatic carbocycles. The van der Waals surface area contributed by atoms with Gasteiger partial charge in [-0.1, -0.05) is 37.1 Å². The van der Waals surface area contributed by atoms with Crippen molar-refractivity contribution in [3.8, 4) is 0 Å². The molecule has 3 nitrogen and oxygen atoms in total. The molecule has 0 saturated heterocycles. The van der Waals surface area contributed by atoms with Crippen LogP contribution in [-0.4, -0.2) is 11.9 Å². The highest BCUT2D eigenvalue weighted by atomic mass is 35.5. The van der Waals surface area contributed by atoms with Gasteiger partial charge in [-0.15, -0.1) is 0 Å². The normalized spacial score (nSPS) is 14.1. The second-order valence-corrected chi connectivity index (χ2v) is 4.61. The van der Waals surface area contributed by atoms with E-state index in [-0.39, 0.29) is 11.9 Å². The van der Waals surface area contributed by atoms with Crippen LogP contribution >= 0.6 is 11.6 Å². The maximum absolute atomic E-state index is 11.7. The van der Waals surface area contributed by atoms with Gasteiger partial charge in [-0.05, 0) is 31.0 Å². The fourth-order valence-corrected chi connectivity index (χ4v) is 1.72. The Morgan fingerprint density at radius 1 is 1.41 bits per heavy atom. The number of hydrogen-bond donors (Lipinski definition) is 2. The molecular weight excluding hydrogens is 236 g/mol. The van der Waals surface area contributed by atoms with Gasteiger partial charge in [0.25, 0.3) is 0 Å². The number of hydrogen-bond acceptors (Lipinski definition) is 2. The van der Waals surface area contributed by atoms with Crippen molar-refractivity contribution in [2.45, 2.75) is 38.8 Å². The third-order valence-corrected chi connectivity index (χ3v) is 2.92. The summed E-state index contributed by atoms with van der Waals surface area (Å²) in [5.74, 6) is -0.102. The minimum Gasteiger partial charge on any atom is -0.348 e. The van der Waals surface area contributed by atoms with E-state index in [0.717, 1.165) is 12.0 Å². The van der Waals surface area contributed by atoms with Crippen molar-refractivity contribution in [1.82, 2.24) is 5.32 Å². The summed E-state index contributed by atoms with van der Waals surface area (Å²) in [6.07, 6.45) is 1.61. The van der Waals surface area contributed by atoms with E-state index in [9.17, 15) is 4.79 Å². The molecule has 0 heterocycles. The Hall–Kier alpha value is -1.06. The molecule has 1 rings (SSSR count). The lowest BCUT2D eigenvalue weighted by atomic mass is 10.1. The van der Waals surface area contributed by atoms with Crippen molar-refractivity contribution in [2.24, 2.45) is 5.73 Å². The summed E-state index contributed by atoms with van der Waals surface area (Å²) in [7, 11) is 0. The zero-order chi connectivity index (χ0) is 12.8. The molecule has 0 fully saturated rings. The highest BCUT2D eigenvalue weighted by Gasteiger charge is 2.15. The van der Waals surface area contributed by atoms with Gasteiger partial charge in [-0.3, -0.25) is 4.79 Å². The van der Waals surface area contributed by atoms with E-state index in [1.165, 1.54) is 0 Å². The maximum Gasteiger partial charge on any atom is 0.237 e. The van der Waals surface area contributed by atoms with E-state index < -0.39 is 6.04 Å². The van der Waals surface area contributed by atoms with Crippen LogP contribution in [0.1, 0.15) is 38.3 Å². The second kappa shape index (κ2) is 6.62. The number of benzene rings is 1. The molecule has 4 heteroatoms. The van der Waals surface area contributed by atoms with Gasteiger partial charge < -0.3 is 11.1 Å². The van der Waals surface area contributed by atoms with Crippen molar-refractivity contribution in [3.63, 3.8) is 0 Å². The average Bonchev–Trinajstić information content (AvgIpc) is 2.30. The molecule has 1 aromatic carbocycles. The summed E-state index contributed by atoms with van der Waals surface area (Å²) in [6, 6.07) is 6.95. The molecule has 17 heavy (non-hydrogen) atoms. The lowest BCUT2D eigenvalue weighted by Crippen LogP contribution is -2.41. The summed E-state index contributed by atoms with van der Waals surface area (Å²) < 4.78 is 0. The molecule has 0 radical (unpaired) electrons. The van der Waals surface area contributed by atoms with Gasteiger partial charge in [0.1, 0.15) is 0 Å². The van der Waals surface area contributed by atoms with Crippen molar-refractivity contribution >= 4 is 17.5 Å². The predicted molar refractivity (Wildman–Crippen MR) is 70.9 cm³/mol. The van der Waals surface area contributed by atoms with Crippen molar-refractivity contribution in [3.05, 3.63) is 34.9 Å². The third-order valence-electron chi connectivity index (χ3n) is 2.67. The Morgan fingerprint density at radius 2 is 2.00 bits per heavy atom. The second-order valence-electron chi connectivity index (χ2n) is 4.18. The van der Waals surface area contributed by atoms with Crippen molar-refractivity contribution < 1.29 is 4.79 Å². The van der Waals surface area contributed by atoms with E-state index in [1.54, 1.807) is 0 Å². The van der Waals surface area contributed by atoms with Gasteiger partial charge in [0.15, 0.2) is 0 Å². The van der Waals surface area contributed by atoms with Gasteiger partial charge in [0, 0.05) is 5.02 Å². The molecule has 0 bridgehead atoms. The number of rotatable bonds is 5. The highest BCUT2D eigenvalue weighted by molar-refractivity contribution is 6.30. The Bertz CT molecular complexity index is 364. The van der Waals surface area contributed by atoms with E-state index in [2.05, 4.69) is 5.32 Å². The number of nitrogens with two attached hydrogens (primary N) is 1. The molecule has 0 aromatic heterocycles. The predicted octanol–water partition coefficient (Wildman–Crippen LogP) is 2.64. The van der Waals surface area contributed by atoms with E-state index in [1.807, 2.05) is 38.1 Å². The first-order valence-electron chi connectivity index (χ1n) is 5.86. The van der Waals surface area contributed by atoms with Gasteiger partial charge in [0.05, 0.1) is 12.1 Å². The summed E-state index contributed by atoms with van der Waals surface area (Å²) in [5, 5.41) is 3.58. The number of carbonyl (C=O) groups is 1. The topological polar surface area (TPSA) is 55.1 Å². The monoisotopic (exact) mass is 254 g/mol. The SMILES string of the molecule is CCC[C@H](N)C(=O)N[C@@H](C)c1ccc(Cl)cc1. The molecule has 2 atom stereocenters. The van der Waals surface area contributed by atoms with Crippen LogP contribution in [0.25, 0.3) is 0 Å². The molecule has 0 aliphatic rings. The largest absolute Gasteiger partial charge is 0.348 e. The molecule has 3 N–H and O–H groups in total. The Morgan fingerprint density at radius 3 is 2.53 bits per heavy atom. The van der Waals surface area contributed by atoms with Crippen molar-refractivity contribution in [1.29, 1.82) is 0 Å². The van der Waals surface area contributed by atoms with E-state index in [4.69, 9.17) is 17.3 Å². The zero-order valence-corrected chi connectivity index (χ0v) is 11.0. The van der Waals surface area contributed by atoms with Gasteiger partial charge in [0.2, 0.25) is 5.91 Å². The van der Waals surface area contributed by atoms with E-state index in [0.29, 0.717) is 11.4 Å². The Kier molecular flexibility index (Phi) is 5.45. The molecular formula is C13H19ClN2O. The smallest absolute Gasteiger partial charge is 0.237 e. The summed E-state index contributed by atoms with van der Waals surface area (Å²) in [5.41, 5.74) is 6.76. The van der Waals surface area contributed by atoms with Crippen LogP contribution in [-0.2, 0) is 4.79 Å². The number of carbonyl (C=O) groups excluding carboxylic acids is 1. The van der Waals surface area contributed by atoms with Crippen LogP contribution in [0, 0.1) is 0 Å². The number of halogens is 1. The first-order chi connectivity index (χ1) is 8.04. The minimum absolute atomic E-state index is 0.0531. The molecule has 0 saturated carbocycles. The van der Waals surface area contributed by atoms with Crippen LogP contribution in [0.15, 0.2) is 24.3 Å². The van der Waals surface area contributed by atoms with E-state index >= 15 is 0 Å². The molecule has 0 aliphatic heterocycles. The number of amides is 1. The lowest BCUT2D eigenvalue weighted by Gasteiger charge is -2.17. The van der Waals surface area contributed by atoms with Crippen LogP contribution in [0.5, 0.6) is 0 Å². The third kappa shape index (κ3) is 4.36.